The van der Waals surface area contributed by atoms with Crippen LogP contribution in [-0.2, 0) is 6.42 Å². The Labute approximate surface area is 142 Å². The average Bonchev–Trinajstić information content (AvgIpc) is 3.31. The zero-order valence-corrected chi connectivity index (χ0v) is 13.2. The molecule has 8 nitrogen and oxygen atoms in total. The molecule has 0 aliphatic carbocycles. The van der Waals surface area contributed by atoms with E-state index in [9.17, 15) is 4.79 Å². The van der Waals surface area contributed by atoms with Gasteiger partial charge in [-0.1, -0.05) is 5.16 Å². The van der Waals surface area contributed by atoms with Crippen LogP contribution < -0.4 is 5.32 Å². The van der Waals surface area contributed by atoms with Crippen molar-refractivity contribution in [3.05, 3.63) is 66.7 Å². The topological polar surface area (TPSA) is 98.2 Å². The lowest BCUT2D eigenvalue weighted by atomic mass is 10.2. The molecule has 4 aromatic heterocycles. The van der Waals surface area contributed by atoms with Crippen molar-refractivity contribution >= 4 is 11.6 Å². The number of nitrogens with one attached hydrogen (secondary N) is 1. The third-order valence-electron chi connectivity index (χ3n) is 3.66. The summed E-state index contributed by atoms with van der Waals surface area (Å²) in [6, 6.07) is 7.20. The number of nitrogens with zero attached hydrogens (tertiary/aromatic N) is 5. The van der Waals surface area contributed by atoms with Crippen LogP contribution in [0.15, 0.2) is 59.8 Å². The second-order valence-electron chi connectivity index (χ2n) is 5.37. The summed E-state index contributed by atoms with van der Waals surface area (Å²) in [4.78, 5) is 24.7. The summed E-state index contributed by atoms with van der Waals surface area (Å²) >= 11 is 0. The predicted molar refractivity (Wildman–Crippen MR) is 88.8 cm³/mol. The second-order valence-corrected chi connectivity index (χ2v) is 5.37. The summed E-state index contributed by atoms with van der Waals surface area (Å²) in [5.41, 5.74) is 2.15. The van der Waals surface area contributed by atoms with Gasteiger partial charge in [0.05, 0.1) is 5.56 Å². The maximum absolute atomic E-state index is 12.2. The highest BCUT2D eigenvalue weighted by atomic mass is 16.5. The molecule has 0 bridgehead atoms. The number of carbonyl (C=O) groups excluding carboxylic acids is 1. The van der Waals surface area contributed by atoms with Crippen LogP contribution in [0, 0.1) is 0 Å². The quantitative estimate of drug-likeness (QED) is 0.597. The Kier molecular flexibility index (Phi) is 3.91. The van der Waals surface area contributed by atoms with Gasteiger partial charge in [-0.2, -0.15) is 4.98 Å². The first-order valence-electron chi connectivity index (χ1n) is 7.73. The van der Waals surface area contributed by atoms with Gasteiger partial charge >= 0.3 is 0 Å². The second kappa shape index (κ2) is 6.52. The Bertz CT molecular complexity index is 1010. The third kappa shape index (κ3) is 3.23. The highest BCUT2D eigenvalue weighted by Gasteiger charge is 2.10. The minimum atomic E-state index is -0.164. The lowest BCUT2D eigenvalue weighted by Gasteiger charge is -2.04. The largest absolute Gasteiger partial charge is 0.351 e. The first-order chi connectivity index (χ1) is 12.3. The molecule has 4 heterocycles. The predicted octanol–water partition coefficient (Wildman–Crippen LogP) is 1.75. The van der Waals surface area contributed by atoms with Crippen molar-refractivity contribution in [2.75, 3.05) is 6.54 Å². The number of fused-ring (bicyclic) bond motifs is 1. The molecule has 0 unspecified atom stereocenters. The zero-order chi connectivity index (χ0) is 17.1. The van der Waals surface area contributed by atoms with Crippen LogP contribution in [0.2, 0.25) is 0 Å². The van der Waals surface area contributed by atoms with Gasteiger partial charge in [-0.15, -0.1) is 0 Å². The molecule has 0 fully saturated rings. The number of imidazole rings is 1. The molecule has 4 aromatic rings. The number of carbonyl (C=O) groups is 1. The van der Waals surface area contributed by atoms with E-state index in [4.69, 9.17) is 4.52 Å². The molecule has 124 valence electrons. The van der Waals surface area contributed by atoms with Crippen LogP contribution in [0.5, 0.6) is 0 Å². The van der Waals surface area contributed by atoms with Crippen LogP contribution >= 0.6 is 0 Å². The fourth-order valence-corrected chi connectivity index (χ4v) is 2.41. The molecular formula is C17H14N6O2. The molecule has 0 aliphatic rings. The number of pyridine rings is 2. The first-order valence-corrected chi connectivity index (χ1v) is 7.73. The molecule has 0 saturated heterocycles. The molecule has 25 heavy (non-hydrogen) atoms. The van der Waals surface area contributed by atoms with Gasteiger partial charge in [0.1, 0.15) is 5.65 Å². The average molecular weight is 334 g/mol. The molecule has 0 atom stereocenters. The van der Waals surface area contributed by atoms with Gasteiger partial charge in [0.15, 0.2) is 0 Å². The summed E-state index contributed by atoms with van der Waals surface area (Å²) in [7, 11) is 0. The molecule has 0 saturated carbocycles. The van der Waals surface area contributed by atoms with Gasteiger partial charge in [-0.05, 0) is 24.3 Å². The van der Waals surface area contributed by atoms with Crippen LogP contribution in [0.1, 0.15) is 16.2 Å². The monoisotopic (exact) mass is 334 g/mol. The maximum Gasteiger partial charge on any atom is 0.252 e. The first kappa shape index (κ1) is 15.0. The van der Waals surface area contributed by atoms with E-state index < -0.39 is 0 Å². The van der Waals surface area contributed by atoms with E-state index in [1.54, 1.807) is 47.5 Å². The SMILES string of the molecule is O=C(NCCc1nc(-c2cccnc2)no1)c1ccc2nccn2c1. The van der Waals surface area contributed by atoms with E-state index in [0.717, 1.165) is 11.2 Å². The minimum absolute atomic E-state index is 0.164. The summed E-state index contributed by atoms with van der Waals surface area (Å²) in [5, 5.41) is 6.76. The Morgan fingerprint density at radius 3 is 3.08 bits per heavy atom. The van der Waals surface area contributed by atoms with Gasteiger partial charge in [-0.25, -0.2) is 4.98 Å². The molecule has 0 aliphatic heterocycles. The van der Waals surface area contributed by atoms with Crippen molar-refractivity contribution in [1.29, 1.82) is 0 Å². The molecule has 0 aromatic carbocycles. The summed E-state index contributed by atoms with van der Waals surface area (Å²) in [6.07, 6.45) is 9.03. The fraction of sp³-hybridized carbons (Fsp3) is 0.118. The lowest BCUT2D eigenvalue weighted by Crippen LogP contribution is -2.26. The van der Waals surface area contributed by atoms with Gasteiger partial charge in [0, 0.05) is 49.5 Å². The summed E-state index contributed by atoms with van der Waals surface area (Å²) in [6.45, 7) is 0.398. The van der Waals surface area contributed by atoms with Crippen LogP contribution in [-0.4, -0.2) is 37.0 Å². The van der Waals surface area contributed by atoms with Crippen molar-refractivity contribution in [2.45, 2.75) is 6.42 Å². The fourth-order valence-electron chi connectivity index (χ4n) is 2.41. The van der Waals surface area contributed by atoms with Crippen molar-refractivity contribution in [1.82, 2.24) is 29.8 Å². The number of aromatic nitrogens is 5. The van der Waals surface area contributed by atoms with E-state index in [1.165, 1.54) is 0 Å². The van der Waals surface area contributed by atoms with E-state index in [0.29, 0.717) is 30.2 Å². The van der Waals surface area contributed by atoms with Gasteiger partial charge in [0.2, 0.25) is 11.7 Å². The molecule has 8 heteroatoms. The number of hydrogen-bond donors (Lipinski definition) is 1. The molecule has 1 amide bonds. The van der Waals surface area contributed by atoms with Gasteiger partial charge in [-0.3, -0.25) is 9.78 Å². The Hall–Kier alpha value is -3.55. The standard InChI is InChI=1S/C17H14N6O2/c24-17(13-3-4-14-19-8-9-23(14)11-13)20-7-5-15-21-16(22-25-15)12-2-1-6-18-10-12/h1-4,6,8-11H,5,7H2,(H,20,24). The Balaban J connectivity index is 1.36. The van der Waals surface area contributed by atoms with Gasteiger partial charge < -0.3 is 14.2 Å². The Morgan fingerprint density at radius 1 is 1.24 bits per heavy atom. The van der Waals surface area contributed by atoms with E-state index in [2.05, 4.69) is 25.4 Å². The highest BCUT2D eigenvalue weighted by molar-refractivity contribution is 5.94. The molecule has 1 N–H and O–H groups in total. The van der Waals surface area contributed by atoms with Crippen LogP contribution in [0.4, 0.5) is 0 Å². The van der Waals surface area contributed by atoms with E-state index in [-0.39, 0.29) is 5.91 Å². The lowest BCUT2D eigenvalue weighted by molar-refractivity contribution is 0.0953. The van der Waals surface area contributed by atoms with Crippen molar-refractivity contribution in [2.24, 2.45) is 0 Å². The maximum atomic E-state index is 12.2. The number of rotatable bonds is 5. The molecule has 4 rings (SSSR count). The summed E-state index contributed by atoms with van der Waals surface area (Å²) < 4.78 is 7.00. The van der Waals surface area contributed by atoms with Crippen molar-refractivity contribution in [3.63, 3.8) is 0 Å². The normalized spacial score (nSPS) is 10.9. The molecule has 0 radical (unpaired) electrons. The molecule has 0 spiro atoms. The number of amides is 1. The van der Waals surface area contributed by atoms with E-state index >= 15 is 0 Å². The van der Waals surface area contributed by atoms with Crippen molar-refractivity contribution < 1.29 is 9.32 Å². The third-order valence-corrected chi connectivity index (χ3v) is 3.66. The van der Waals surface area contributed by atoms with Gasteiger partial charge in [0.25, 0.3) is 5.91 Å². The van der Waals surface area contributed by atoms with Crippen molar-refractivity contribution in [3.8, 4) is 11.4 Å². The highest BCUT2D eigenvalue weighted by Crippen LogP contribution is 2.13. The summed E-state index contributed by atoms with van der Waals surface area (Å²) in [5.74, 6) is 0.784. The number of hydrogen-bond acceptors (Lipinski definition) is 6. The van der Waals surface area contributed by atoms with Crippen LogP contribution in [0.25, 0.3) is 17.0 Å². The smallest absolute Gasteiger partial charge is 0.252 e. The molecular weight excluding hydrogens is 320 g/mol. The Morgan fingerprint density at radius 2 is 2.20 bits per heavy atom. The van der Waals surface area contributed by atoms with Crippen LogP contribution in [0.3, 0.4) is 0 Å². The zero-order valence-electron chi connectivity index (χ0n) is 13.2. The minimum Gasteiger partial charge on any atom is -0.351 e. The van der Waals surface area contributed by atoms with E-state index in [1.807, 2.05) is 12.1 Å².